The molecule has 6 heteroatoms. The number of aromatic carboxylic acids is 1. The summed E-state index contributed by atoms with van der Waals surface area (Å²) >= 11 is 1.54. The van der Waals surface area contributed by atoms with Crippen LogP contribution < -0.4 is 4.74 Å². The molecule has 1 N–H and O–H groups in total. The Balaban J connectivity index is 1.99. The van der Waals surface area contributed by atoms with Crippen LogP contribution in [-0.2, 0) is 6.61 Å². The average molecular weight is 317 g/mol. The number of carboxylic acid groups (broad SMARTS) is 1. The van der Waals surface area contributed by atoms with Crippen molar-refractivity contribution in [2.75, 3.05) is 0 Å². The second-order valence-corrected chi connectivity index (χ2v) is 6.04. The Morgan fingerprint density at radius 2 is 2.14 bits per heavy atom. The van der Waals surface area contributed by atoms with Crippen molar-refractivity contribution in [2.24, 2.45) is 0 Å². The smallest absolute Gasteiger partial charge is 0.339 e. The second-order valence-electron chi connectivity index (χ2n) is 5.10. The van der Waals surface area contributed by atoms with E-state index in [1.807, 2.05) is 19.9 Å². The molecule has 114 valence electrons. The van der Waals surface area contributed by atoms with Crippen LogP contribution >= 0.6 is 11.3 Å². The molecular formula is C16H15NO4S. The Labute approximate surface area is 131 Å². The normalized spacial score (nSPS) is 11.0. The highest BCUT2D eigenvalue weighted by Crippen LogP contribution is 2.32. The minimum absolute atomic E-state index is 0.192. The lowest BCUT2D eigenvalue weighted by molar-refractivity contribution is 0.0697. The molecule has 0 amide bonds. The van der Waals surface area contributed by atoms with Crippen molar-refractivity contribution < 1.29 is 19.1 Å². The van der Waals surface area contributed by atoms with Crippen LogP contribution in [0.1, 0.15) is 32.3 Å². The van der Waals surface area contributed by atoms with Crippen molar-refractivity contribution in [3.8, 4) is 5.75 Å². The predicted octanol–water partition coefficient (Wildman–Crippen LogP) is 4.09. The van der Waals surface area contributed by atoms with Gasteiger partial charge in [0.25, 0.3) is 0 Å². The Morgan fingerprint density at radius 3 is 2.77 bits per heavy atom. The number of carbonyl (C=O) groups is 1. The van der Waals surface area contributed by atoms with Crippen molar-refractivity contribution in [3.63, 3.8) is 0 Å². The molecule has 0 saturated carbocycles. The Bertz CT molecular complexity index is 863. The first-order chi connectivity index (χ1) is 10.5. The van der Waals surface area contributed by atoms with Gasteiger partial charge in [0.15, 0.2) is 0 Å². The van der Waals surface area contributed by atoms with Gasteiger partial charge in [0.05, 0.1) is 16.1 Å². The first-order valence-electron chi connectivity index (χ1n) is 6.76. The van der Waals surface area contributed by atoms with Gasteiger partial charge in [0, 0.05) is 5.39 Å². The van der Waals surface area contributed by atoms with E-state index in [0.717, 1.165) is 16.1 Å². The monoisotopic (exact) mass is 317 g/mol. The number of furan rings is 1. The van der Waals surface area contributed by atoms with E-state index in [9.17, 15) is 9.90 Å². The zero-order valence-corrected chi connectivity index (χ0v) is 13.3. The van der Waals surface area contributed by atoms with Crippen LogP contribution in [0.15, 0.2) is 22.1 Å². The zero-order valence-electron chi connectivity index (χ0n) is 12.5. The molecule has 5 nitrogen and oxygen atoms in total. The SMILES string of the molecule is Cc1ncsc1COc1cc(C)c2oc(C)c(C(=O)O)c2c1. The second kappa shape index (κ2) is 5.46. The number of rotatable bonds is 4. The number of aromatic nitrogens is 1. The van der Waals surface area contributed by atoms with Crippen molar-refractivity contribution in [2.45, 2.75) is 27.4 Å². The maximum Gasteiger partial charge on any atom is 0.339 e. The van der Waals surface area contributed by atoms with E-state index in [0.29, 0.717) is 29.1 Å². The molecule has 0 aliphatic rings. The van der Waals surface area contributed by atoms with Gasteiger partial charge < -0.3 is 14.3 Å². The van der Waals surface area contributed by atoms with Gasteiger partial charge in [-0.15, -0.1) is 11.3 Å². The van der Waals surface area contributed by atoms with Crippen molar-refractivity contribution >= 4 is 28.3 Å². The highest BCUT2D eigenvalue weighted by Gasteiger charge is 2.19. The molecule has 0 spiro atoms. The van der Waals surface area contributed by atoms with E-state index >= 15 is 0 Å². The van der Waals surface area contributed by atoms with Crippen LogP contribution in [0, 0.1) is 20.8 Å². The van der Waals surface area contributed by atoms with Crippen molar-refractivity contribution in [1.29, 1.82) is 0 Å². The van der Waals surface area contributed by atoms with Crippen LogP contribution in [0.3, 0.4) is 0 Å². The quantitative estimate of drug-likeness (QED) is 0.784. The number of thiazole rings is 1. The third kappa shape index (κ3) is 2.46. The molecule has 2 heterocycles. The lowest BCUT2D eigenvalue weighted by atomic mass is 10.1. The van der Waals surface area contributed by atoms with Gasteiger partial charge in [0.1, 0.15) is 29.3 Å². The fourth-order valence-corrected chi connectivity index (χ4v) is 3.11. The minimum Gasteiger partial charge on any atom is -0.488 e. The molecule has 0 aliphatic carbocycles. The summed E-state index contributed by atoms with van der Waals surface area (Å²) < 4.78 is 11.4. The molecule has 3 aromatic rings. The number of carboxylic acids is 1. The van der Waals surface area contributed by atoms with Crippen LogP contribution in [-0.4, -0.2) is 16.1 Å². The molecule has 22 heavy (non-hydrogen) atoms. The standard InChI is InChI=1S/C16H15NO4S/c1-8-4-11(20-6-13-9(2)17-7-22-13)5-12-14(16(18)19)10(3)21-15(8)12/h4-5,7H,6H2,1-3H3,(H,18,19). The van der Waals surface area contributed by atoms with Gasteiger partial charge in [-0.05, 0) is 38.5 Å². The van der Waals surface area contributed by atoms with Crippen molar-refractivity contribution in [3.05, 3.63) is 45.1 Å². The summed E-state index contributed by atoms with van der Waals surface area (Å²) in [6.07, 6.45) is 0. The molecule has 3 rings (SSSR count). The molecule has 0 saturated heterocycles. The number of aryl methyl sites for hydroxylation is 3. The maximum absolute atomic E-state index is 11.4. The van der Waals surface area contributed by atoms with Gasteiger partial charge in [-0.25, -0.2) is 9.78 Å². The first kappa shape index (κ1) is 14.6. The fourth-order valence-electron chi connectivity index (χ4n) is 2.42. The summed E-state index contributed by atoms with van der Waals surface area (Å²) in [5, 5.41) is 9.91. The van der Waals surface area contributed by atoms with Crippen LogP contribution in [0.5, 0.6) is 5.75 Å². The van der Waals surface area contributed by atoms with E-state index in [2.05, 4.69) is 4.98 Å². The summed E-state index contributed by atoms with van der Waals surface area (Å²) in [6, 6.07) is 3.58. The van der Waals surface area contributed by atoms with Gasteiger partial charge >= 0.3 is 5.97 Å². The minimum atomic E-state index is -0.994. The van der Waals surface area contributed by atoms with E-state index in [1.54, 1.807) is 29.8 Å². The third-order valence-corrected chi connectivity index (χ3v) is 4.46. The van der Waals surface area contributed by atoms with Crippen LogP contribution in [0.25, 0.3) is 11.0 Å². The molecular weight excluding hydrogens is 302 g/mol. The average Bonchev–Trinajstić information content (AvgIpc) is 2.99. The highest BCUT2D eigenvalue weighted by atomic mass is 32.1. The molecule has 0 aliphatic heterocycles. The summed E-state index contributed by atoms with van der Waals surface area (Å²) in [7, 11) is 0. The molecule has 0 bridgehead atoms. The maximum atomic E-state index is 11.4. The molecule has 0 radical (unpaired) electrons. The van der Waals surface area contributed by atoms with E-state index < -0.39 is 5.97 Å². The lowest BCUT2D eigenvalue weighted by Crippen LogP contribution is -1.98. The Hall–Kier alpha value is -2.34. The molecule has 2 aromatic heterocycles. The number of benzene rings is 1. The van der Waals surface area contributed by atoms with Gasteiger partial charge in [-0.3, -0.25) is 0 Å². The highest BCUT2D eigenvalue weighted by molar-refractivity contribution is 7.09. The summed E-state index contributed by atoms with van der Waals surface area (Å²) in [5.41, 5.74) is 4.37. The summed E-state index contributed by atoms with van der Waals surface area (Å²) in [5.74, 6) is 0.0354. The number of nitrogens with zero attached hydrogens (tertiary/aromatic N) is 1. The predicted molar refractivity (Wildman–Crippen MR) is 83.8 cm³/mol. The largest absolute Gasteiger partial charge is 0.488 e. The zero-order chi connectivity index (χ0) is 15.9. The number of fused-ring (bicyclic) bond motifs is 1. The Kier molecular flexibility index (Phi) is 3.62. The van der Waals surface area contributed by atoms with E-state index in [1.165, 1.54) is 0 Å². The molecule has 0 unspecified atom stereocenters. The number of hydrogen-bond acceptors (Lipinski definition) is 5. The van der Waals surface area contributed by atoms with E-state index in [-0.39, 0.29) is 5.56 Å². The lowest BCUT2D eigenvalue weighted by Gasteiger charge is -2.07. The van der Waals surface area contributed by atoms with Crippen LogP contribution in [0.2, 0.25) is 0 Å². The molecule has 0 fully saturated rings. The molecule has 1 aromatic carbocycles. The summed E-state index contributed by atoms with van der Waals surface area (Å²) in [6.45, 7) is 5.89. The van der Waals surface area contributed by atoms with Gasteiger partial charge in [-0.2, -0.15) is 0 Å². The fraction of sp³-hybridized carbons (Fsp3) is 0.250. The van der Waals surface area contributed by atoms with Crippen LogP contribution in [0.4, 0.5) is 0 Å². The third-order valence-electron chi connectivity index (χ3n) is 3.55. The number of ether oxygens (including phenoxy) is 1. The van der Waals surface area contributed by atoms with Crippen molar-refractivity contribution in [1.82, 2.24) is 4.98 Å². The molecule has 0 atom stereocenters. The Morgan fingerprint density at radius 1 is 1.36 bits per heavy atom. The topological polar surface area (TPSA) is 72.6 Å². The van der Waals surface area contributed by atoms with Gasteiger partial charge in [-0.1, -0.05) is 0 Å². The summed E-state index contributed by atoms with van der Waals surface area (Å²) in [4.78, 5) is 16.6. The van der Waals surface area contributed by atoms with Gasteiger partial charge in [0.2, 0.25) is 0 Å². The number of hydrogen-bond donors (Lipinski definition) is 1. The first-order valence-corrected chi connectivity index (χ1v) is 7.64. The van der Waals surface area contributed by atoms with E-state index in [4.69, 9.17) is 9.15 Å².